The zero-order chi connectivity index (χ0) is 88.2. The number of ketones is 2. The molecule has 8 amide bonds. The molecule has 4 aliphatic heterocycles. The van der Waals surface area contributed by atoms with Gasteiger partial charge in [0.2, 0.25) is 44.3 Å². The maximum Gasteiger partial charge on any atom is 0.317 e. The van der Waals surface area contributed by atoms with Crippen LogP contribution in [-0.4, -0.2) is 216 Å². The molecular weight excluding hydrogens is 1840 g/mol. The number of pyridine rings is 2. The lowest BCUT2D eigenvalue weighted by atomic mass is 9.91. The maximum absolute atomic E-state index is 14.6. The minimum Gasteiger partial charge on any atom is -0.495 e. The Morgan fingerprint density at radius 3 is 1.56 bits per heavy atom. The van der Waals surface area contributed by atoms with Gasteiger partial charge in [0.15, 0.2) is 22.9 Å². The molecule has 0 unspecified atom stereocenters. The topological polar surface area (TPSA) is 401 Å². The highest BCUT2D eigenvalue weighted by molar-refractivity contribution is 9.11. The molecule has 13 rings (SSSR count). The number of Topliss-reactive ketones (excluding diaryl/α,β-unsaturated/α-hetero) is 2. The van der Waals surface area contributed by atoms with Crippen LogP contribution in [0.15, 0.2) is 108 Å². The van der Waals surface area contributed by atoms with Crippen LogP contribution in [0.2, 0.25) is 0 Å². The van der Waals surface area contributed by atoms with E-state index in [0.717, 1.165) is 32.1 Å². The number of sulfonamides is 2. The van der Waals surface area contributed by atoms with E-state index in [2.05, 4.69) is 79.8 Å². The van der Waals surface area contributed by atoms with Gasteiger partial charge < -0.3 is 58.9 Å². The fourth-order valence-corrected chi connectivity index (χ4v) is 20.7. The standard InChI is InChI=1S/C39H52BrN5O9S.C32H41BrN4O9S2.C13H14BrNO3.2CH4/c1-23(2)53-32-19-31(26-14-15-30(52-6)33(40)34(26)42-32)54-25-18-28-29(46)21-39(36(48)43-55(50,51)38(3)16-17-38)20-24(39)12-10-8-7-9-11-13-27(35(47)45(28)22-25)41-37(49)44(4)5;1-31(15-16-31)48(44,45)35-29(40)32-18-21(32)9-7-5-4-6-8-10-25(34-30(41)36(2)3)28(39)37-20-23(17-26(37)27(38)19-32)46-47(42,43)24-13-11-22(33)12-14-24;1-7(2)18-11-6-9(16)8-4-5-10(17-3)12(14)13(8)15-11;;/h10,12,14-15,19,23-25,27-28H,7-9,11,13,16-18,20-22H2,1-6H3,(H,41,49)(H,43,48);7,9,11-14,21,23,25-26H,1,4-6,8,10,15-20H2,2-3H3,(H-,34,35,40,41);4-7H,1-3H3,(H,15,16);2*1H4/p+1/b12-10-;9-7-;;;/t24-,25-,27+,28+,39-;21-,23+,25+,26+,32-;;;/m11.../s1. The van der Waals surface area contributed by atoms with Crippen molar-refractivity contribution in [2.75, 3.05) is 55.5 Å². The van der Waals surface area contributed by atoms with Crippen LogP contribution in [0, 0.1) is 29.6 Å². The van der Waals surface area contributed by atoms with Gasteiger partial charge in [0, 0.05) is 101 Å². The van der Waals surface area contributed by atoms with E-state index in [-0.39, 0.29) is 94.3 Å². The molecule has 674 valence electrons. The Morgan fingerprint density at radius 2 is 1.08 bits per heavy atom. The van der Waals surface area contributed by atoms with Gasteiger partial charge in [0.1, 0.15) is 35.4 Å². The molecule has 4 aliphatic carbocycles. The fraction of sp³-hybridized carbons (Fsp3) is 0.570. The first kappa shape index (κ1) is 98.4. The quantitative estimate of drug-likeness (QED) is 0.0291. The van der Waals surface area contributed by atoms with Gasteiger partial charge in [0.05, 0.1) is 98.5 Å². The molecule has 3 aromatic carbocycles. The lowest BCUT2D eigenvalue weighted by Crippen LogP contribution is -2.54. The smallest absolute Gasteiger partial charge is 0.317 e. The molecule has 0 radical (unpaired) electrons. The Balaban J connectivity index is 0.000000230. The molecule has 5 aromatic rings. The van der Waals surface area contributed by atoms with Gasteiger partial charge in [-0.25, -0.2) is 36.1 Å². The zero-order valence-electron chi connectivity index (χ0n) is 69.8. The predicted octanol–water partition coefficient (Wildman–Crippen LogP) is 12.7. The van der Waals surface area contributed by atoms with Crippen LogP contribution >= 0.6 is 47.8 Å². The normalized spacial score (nSPS) is 25.4. The van der Waals surface area contributed by atoms with Gasteiger partial charge in [-0.3, -0.25) is 42.5 Å². The molecule has 31 nitrogen and oxygen atoms in total. The Labute approximate surface area is 746 Å². The summed E-state index contributed by atoms with van der Waals surface area (Å²) in [4.78, 5) is 136. The minimum absolute atomic E-state index is 0. The van der Waals surface area contributed by atoms with Gasteiger partial charge in [-0.2, -0.15) is 8.42 Å². The van der Waals surface area contributed by atoms with Crippen LogP contribution in [0.25, 0.3) is 21.8 Å². The van der Waals surface area contributed by atoms with Gasteiger partial charge >= 0.3 is 12.1 Å². The van der Waals surface area contributed by atoms with Crippen molar-refractivity contribution in [1.29, 1.82) is 0 Å². The lowest BCUT2D eigenvalue weighted by Gasteiger charge is -2.30. The van der Waals surface area contributed by atoms with E-state index < -0.39 is 134 Å². The van der Waals surface area contributed by atoms with Crippen molar-refractivity contribution < 1.29 is 91.5 Å². The number of hydrogen-bond acceptors (Lipinski definition) is 22. The highest BCUT2D eigenvalue weighted by Crippen LogP contribution is 2.59. The summed E-state index contributed by atoms with van der Waals surface area (Å²) in [5.74, 6) is -1.66. The number of ether oxygens (including phenoxy) is 5. The predicted molar refractivity (Wildman–Crippen MR) is 477 cm³/mol. The third-order valence-electron chi connectivity index (χ3n) is 23.4. The van der Waals surface area contributed by atoms with Gasteiger partial charge in [-0.1, -0.05) is 80.8 Å². The molecule has 5 N–H and O–H groups in total. The number of carbonyl (C=O) groups is 8. The number of H-pyrrole nitrogens is 1. The first-order chi connectivity index (χ1) is 57.0. The van der Waals surface area contributed by atoms with Crippen LogP contribution in [0.4, 0.5) is 9.59 Å². The monoisotopic (exact) mass is 1960 g/mol. The number of fused-ring (bicyclic) bond motifs is 6. The van der Waals surface area contributed by atoms with E-state index in [4.69, 9.17) is 32.9 Å². The molecule has 4 saturated carbocycles. The van der Waals surface area contributed by atoms with E-state index in [1.165, 1.54) is 51.9 Å². The third kappa shape index (κ3) is 22.9. The zero-order valence-corrected chi connectivity index (χ0v) is 77.0. The Hall–Kier alpha value is -8.36. The number of benzene rings is 3. The highest BCUT2D eigenvalue weighted by Gasteiger charge is 2.66. The highest BCUT2D eigenvalue weighted by atomic mass is 79.9. The second kappa shape index (κ2) is 40.1. The number of hydrogen-bond donors (Lipinski definition) is 5. The van der Waals surface area contributed by atoms with E-state index in [1.54, 1.807) is 71.6 Å². The summed E-state index contributed by atoms with van der Waals surface area (Å²) >= 11 is 10.3. The summed E-state index contributed by atoms with van der Waals surface area (Å²) in [6.45, 7) is 12.7. The number of aromatic amines is 1. The summed E-state index contributed by atoms with van der Waals surface area (Å²) in [5, 5.41) is 6.85. The molecular formula is C86H116Br3N10O21S3+. The number of urea groups is 2. The Morgan fingerprint density at radius 1 is 0.602 bits per heavy atom. The number of carbonyl (C=O) groups excluding carboxylic acids is 8. The van der Waals surface area contributed by atoms with Gasteiger partial charge in [0.25, 0.3) is 20.1 Å². The first-order valence-corrected chi connectivity index (χ1v) is 47.4. The van der Waals surface area contributed by atoms with Crippen molar-refractivity contribution in [3.05, 3.63) is 116 Å². The molecule has 8 aliphatic rings. The summed E-state index contributed by atoms with van der Waals surface area (Å²) in [5.41, 5.74) is -1.49. The van der Waals surface area contributed by atoms with Crippen molar-refractivity contribution >= 4 is 147 Å². The fourth-order valence-electron chi connectivity index (χ4n) is 15.5. The summed E-state index contributed by atoms with van der Waals surface area (Å²) in [6, 6.07) is 11.0. The second-order valence-corrected chi connectivity index (χ2v) is 42.1. The average molecular weight is 1960 g/mol. The van der Waals surface area contributed by atoms with Gasteiger partial charge in [-0.05, 0) is 191 Å². The SMILES string of the molecule is C.C.COc1ccc2c(=O)cc(OC(C)C)[nH]c2c1Br.COc1ccc2c(O[C@@H]3C[C@H]4C(=O)C[C@]5(C(=O)NS(=O)(=O)C6(C)CC6)C[C@H]5/C=C\CCCCC[C@H](NC(=O)N(C)C)C(=O)N4C3)cc(OC(C)C)nc2c1Br.[CH2+]C1(S(=O)(=O)NC(=O)[C@]23CC(=O)[C@@H]4C[C@H](OS(=O)(=O)c5ccc(Br)cc5)CN4C(=O)[C@@H](NC(=O)N(C)C)CCCCC/C=C\[C@@H]2C3)CC1. The molecule has 10 atom stereocenters. The van der Waals surface area contributed by atoms with Crippen LogP contribution in [0.3, 0.4) is 0 Å². The van der Waals surface area contributed by atoms with Crippen molar-refractivity contribution in [3.8, 4) is 29.0 Å². The molecule has 37 heteroatoms. The van der Waals surface area contributed by atoms with Crippen molar-refractivity contribution in [1.82, 2.24) is 49.6 Å². The van der Waals surface area contributed by atoms with Crippen molar-refractivity contribution in [2.24, 2.45) is 22.7 Å². The molecule has 6 fully saturated rings. The summed E-state index contributed by atoms with van der Waals surface area (Å²) in [6.07, 6.45) is 13.6. The number of allylic oxidation sites excluding steroid dienone is 4. The largest absolute Gasteiger partial charge is 0.495 e. The van der Waals surface area contributed by atoms with Crippen LogP contribution in [-0.2, 0) is 63.1 Å². The van der Waals surface area contributed by atoms with E-state index in [9.17, 15) is 68.4 Å². The molecule has 0 bridgehead atoms. The lowest BCUT2D eigenvalue weighted by molar-refractivity contribution is -0.140. The summed E-state index contributed by atoms with van der Waals surface area (Å²) < 4.78 is 117. The average Bonchev–Trinajstić information content (AvgIpc) is 1.55. The van der Waals surface area contributed by atoms with Crippen LogP contribution in [0.1, 0.15) is 178 Å². The minimum atomic E-state index is -4.29. The van der Waals surface area contributed by atoms with Crippen molar-refractivity contribution in [3.63, 3.8) is 0 Å². The van der Waals surface area contributed by atoms with Crippen molar-refractivity contribution in [2.45, 2.75) is 241 Å². The Kier molecular flexibility index (Phi) is 32.1. The van der Waals surface area contributed by atoms with Gasteiger partial charge in [-0.15, -0.1) is 0 Å². The molecule has 2 saturated heterocycles. The number of nitrogens with one attached hydrogen (secondary N) is 5. The van der Waals surface area contributed by atoms with Crippen LogP contribution in [0.5, 0.6) is 29.0 Å². The first-order valence-electron chi connectivity index (χ1n) is 40.7. The molecule has 123 heavy (non-hydrogen) atoms. The third-order valence-corrected chi connectivity index (χ3v) is 31.0. The molecule has 6 heterocycles. The number of nitrogens with zero attached hydrogens (tertiary/aromatic N) is 5. The van der Waals surface area contributed by atoms with Crippen LogP contribution < -0.4 is 49.2 Å². The second-order valence-electron chi connectivity index (χ2n) is 33.8. The van der Waals surface area contributed by atoms with E-state index in [1.807, 2.05) is 58.1 Å². The summed E-state index contributed by atoms with van der Waals surface area (Å²) in [7, 11) is -2.93. The number of rotatable bonds is 19. The Bertz CT molecular complexity index is 5280. The number of amides is 8. The van der Waals surface area contributed by atoms with E-state index in [0.29, 0.717) is 128 Å². The number of halogens is 3. The molecule has 0 spiro atoms. The number of methoxy groups -OCH3 is 2. The maximum atomic E-state index is 14.6. The van der Waals surface area contributed by atoms with E-state index >= 15 is 0 Å². The molecule has 2 aromatic heterocycles. The number of aromatic nitrogens is 2.